The van der Waals surface area contributed by atoms with Crippen LogP contribution in [0.15, 0.2) is 61.3 Å². The number of nitrogens with zero attached hydrogens (tertiary/aromatic N) is 3. The third-order valence-corrected chi connectivity index (χ3v) is 4.14. The van der Waals surface area contributed by atoms with Gasteiger partial charge < -0.3 is 10.3 Å². The third kappa shape index (κ3) is 2.09. The number of nitrogens with two attached hydrogens (primary N) is 1. The molecule has 1 saturated carbocycles. The zero-order valence-corrected chi connectivity index (χ0v) is 11.6. The molecule has 0 saturated heterocycles. The van der Waals surface area contributed by atoms with Crippen LogP contribution in [0.4, 0.5) is 5.69 Å². The Morgan fingerprint density at radius 2 is 1.90 bits per heavy atom. The zero-order chi connectivity index (χ0) is 14.2. The molecule has 0 radical (unpaired) electrons. The monoisotopic (exact) mass is 276 g/mol. The molecule has 2 unspecified atom stereocenters. The lowest BCUT2D eigenvalue weighted by Crippen LogP contribution is -2.00. The van der Waals surface area contributed by atoms with Gasteiger partial charge >= 0.3 is 0 Å². The predicted octanol–water partition coefficient (Wildman–Crippen LogP) is 3.26. The van der Waals surface area contributed by atoms with Crippen LogP contribution in [0.5, 0.6) is 0 Å². The second kappa shape index (κ2) is 4.74. The van der Waals surface area contributed by atoms with Gasteiger partial charge in [0.1, 0.15) is 0 Å². The topological polar surface area (TPSA) is 56.7 Å². The highest BCUT2D eigenvalue weighted by atomic mass is 15.1. The molecular weight excluding hydrogens is 260 g/mol. The van der Waals surface area contributed by atoms with Crippen LogP contribution in [-0.2, 0) is 0 Å². The Balaban J connectivity index is 1.67. The fraction of sp³-hybridized carbons (Fsp3) is 0.176. The molecular formula is C17H16N4. The Kier molecular flexibility index (Phi) is 2.74. The third-order valence-electron chi connectivity index (χ3n) is 4.14. The summed E-state index contributed by atoms with van der Waals surface area (Å²) >= 11 is 0. The van der Waals surface area contributed by atoms with Gasteiger partial charge in [0, 0.05) is 35.6 Å². The highest BCUT2D eigenvalue weighted by molar-refractivity contribution is 5.72. The SMILES string of the molecule is Nc1ccncc1-c1cncn1C1CC1c1ccccc1. The zero-order valence-electron chi connectivity index (χ0n) is 11.6. The molecule has 1 aliphatic rings. The Bertz CT molecular complexity index is 763. The molecule has 2 atom stereocenters. The first-order chi connectivity index (χ1) is 10.3. The lowest BCUT2D eigenvalue weighted by atomic mass is 10.1. The van der Waals surface area contributed by atoms with Gasteiger partial charge in [-0.1, -0.05) is 30.3 Å². The Morgan fingerprint density at radius 3 is 2.71 bits per heavy atom. The summed E-state index contributed by atoms with van der Waals surface area (Å²) in [6, 6.07) is 12.9. The van der Waals surface area contributed by atoms with Gasteiger partial charge in [0.05, 0.1) is 18.2 Å². The van der Waals surface area contributed by atoms with Gasteiger partial charge in [-0.05, 0) is 18.1 Å². The van der Waals surface area contributed by atoms with Gasteiger partial charge in [-0.2, -0.15) is 0 Å². The maximum absolute atomic E-state index is 6.07. The summed E-state index contributed by atoms with van der Waals surface area (Å²) < 4.78 is 2.23. The van der Waals surface area contributed by atoms with E-state index in [4.69, 9.17) is 5.73 Å². The number of aromatic nitrogens is 3. The minimum absolute atomic E-state index is 0.463. The van der Waals surface area contributed by atoms with E-state index in [2.05, 4.69) is 44.9 Å². The molecule has 1 aromatic carbocycles. The van der Waals surface area contributed by atoms with Crippen LogP contribution < -0.4 is 5.73 Å². The van der Waals surface area contributed by atoms with Crippen LogP contribution in [0.1, 0.15) is 23.9 Å². The molecule has 2 N–H and O–H groups in total. The first-order valence-electron chi connectivity index (χ1n) is 7.11. The van der Waals surface area contributed by atoms with Crippen molar-refractivity contribution in [3.63, 3.8) is 0 Å². The van der Waals surface area contributed by atoms with Crippen LogP contribution in [0.2, 0.25) is 0 Å². The number of benzene rings is 1. The summed E-state index contributed by atoms with van der Waals surface area (Å²) in [4.78, 5) is 8.49. The van der Waals surface area contributed by atoms with Gasteiger partial charge in [0.2, 0.25) is 0 Å². The number of nitrogen functional groups attached to an aromatic ring is 1. The molecule has 1 fully saturated rings. The fourth-order valence-electron chi connectivity index (χ4n) is 2.94. The van der Waals surface area contributed by atoms with Crippen molar-refractivity contribution in [2.24, 2.45) is 0 Å². The number of hydrogen-bond donors (Lipinski definition) is 1. The smallest absolute Gasteiger partial charge is 0.0953 e. The van der Waals surface area contributed by atoms with Gasteiger partial charge in [0.15, 0.2) is 0 Å². The molecule has 3 aromatic rings. The average Bonchev–Trinajstić information content (AvgIpc) is 3.18. The quantitative estimate of drug-likeness (QED) is 0.799. The maximum Gasteiger partial charge on any atom is 0.0953 e. The summed E-state index contributed by atoms with van der Waals surface area (Å²) in [5, 5.41) is 0. The van der Waals surface area contributed by atoms with E-state index in [9.17, 15) is 0 Å². The number of rotatable bonds is 3. The molecule has 2 heterocycles. The second-order valence-electron chi connectivity index (χ2n) is 5.47. The number of pyridine rings is 1. The number of imidazole rings is 1. The lowest BCUT2D eigenvalue weighted by Gasteiger charge is -2.09. The van der Waals surface area contributed by atoms with Crippen molar-refractivity contribution < 1.29 is 0 Å². The maximum atomic E-state index is 6.07. The highest BCUT2D eigenvalue weighted by Gasteiger charge is 2.40. The Hall–Kier alpha value is -2.62. The van der Waals surface area contributed by atoms with Crippen molar-refractivity contribution >= 4 is 5.69 Å². The normalized spacial score (nSPS) is 20.4. The summed E-state index contributed by atoms with van der Waals surface area (Å²) in [6.07, 6.45) is 8.43. The number of hydrogen-bond acceptors (Lipinski definition) is 3. The lowest BCUT2D eigenvalue weighted by molar-refractivity contribution is 0.723. The van der Waals surface area contributed by atoms with Crippen molar-refractivity contribution in [3.05, 3.63) is 66.9 Å². The molecule has 4 heteroatoms. The van der Waals surface area contributed by atoms with Crippen LogP contribution in [-0.4, -0.2) is 14.5 Å². The van der Waals surface area contributed by atoms with E-state index in [1.54, 1.807) is 6.20 Å². The van der Waals surface area contributed by atoms with Crippen LogP contribution in [0, 0.1) is 0 Å². The van der Waals surface area contributed by atoms with E-state index in [0.717, 1.165) is 23.4 Å². The molecule has 0 amide bonds. The standard InChI is InChI=1S/C17H16N4/c18-15-6-7-19-9-14(15)17-10-20-11-21(17)16-8-13(16)12-4-2-1-3-5-12/h1-7,9-11,13,16H,8H2,(H2,18,19). The van der Waals surface area contributed by atoms with Gasteiger partial charge in [0.25, 0.3) is 0 Å². The molecule has 0 bridgehead atoms. The first kappa shape index (κ1) is 12.1. The van der Waals surface area contributed by atoms with Gasteiger partial charge in [-0.3, -0.25) is 4.98 Å². The molecule has 104 valence electrons. The van der Waals surface area contributed by atoms with Crippen molar-refractivity contribution in [2.45, 2.75) is 18.4 Å². The summed E-state index contributed by atoms with van der Waals surface area (Å²) in [6.45, 7) is 0. The van der Waals surface area contributed by atoms with Crippen LogP contribution in [0.25, 0.3) is 11.3 Å². The predicted molar refractivity (Wildman–Crippen MR) is 82.7 cm³/mol. The van der Waals surface area contributed by atoms with Crippen LogP contribution in [0.3, 0.4) is 0 Å². The summed E-state index contributed by atoms with van der Waals surface area (Å²) in [5.74, 6) is 0.567. The number of anilines is 1. The average molecular weight is 276 g/mol. The van der Waals surface area contributed by atoms with Crippen molar-refractivity contribution in [1.82, 2.24) is 14.5 Å². The molecule has 0 aliphatic heterocycles. The summed E-state index contributed by atoms with van der Waals surface area (Å²) in [7, 11) is 0. The largest absolute Gasteiger partial charge is 0.398 e. The van der Waals surface area contributed by atoms with Crippen molar-refractivity contribution in [1.29, 1.82) is 0 Å². The van der Waals surface area contributed by atoms with Crippen LogP contribution >= 0.6 is 0 Å². The van der Waals surface area contributed by atoms with E-state index >= 15 is 0 Å². The van der Waals surface area contributed by atoms with E-state index in [1.807, 2.05) is 24.8 Å². The second-order valence-corrected chi connectivity index (χ2v) is 5.47. The van der Waals surface area contributed by atoms with Crippen molar-refractivity contribution in [2.75, 3.05) is 5.73 Å². The molecule has 1 aliphatic carbocycles. The van der Waals surface area contributed by atoms with E-state index in [1.165, 1.54) is 5.56 Å². The highest BCUT2D eigenvalue weighted by Crippen LogP contribution is 2.52. The van der Waals surface area contributed by atoms with E-state index < -0.39 is 0 Å². The fourth-order valence-corrected chi connectivity index (χ4v) is 2.94. The van der Waals surface area contributed by atoms with Crippen molar-refractivity contribution in [3.8, 4) is 11.3 Å². The van der Waals surface area contributed by atoms with E-state index in [-0.39, 0.29) is 0 Å². The molecule has 21 heavy (non-hydrogen) atoms. The Labute approximate surface area is 123 Å². The summed E-state index contributed by atoms with van der Waals surface area (Å²) in [5.41, 5.74) is 10.2. The van der Waals surface area contributed by atoms with Gasteiger partial charge in [-0.15, -0.1) is 0 Å². The molecule has 4 rings (SSSR count). The Morgan fingerprint density at radius 1 is 1.05 bits per heavy atom. The molecule has 2 aromatic heterocycles. The minimum Gasteiger partial charge on any atom is -0.398 e. The minimum atomic E-state index is 0.463. The molecule has 0 spiro atoms. The van der Waals surface area contributed by atoms with E-state index in [0.29, 0.717) is 12.0 Å². The first-order valence-corrected chi connectivity index (χ1v) is 7.11. The molecule has 4 nitrogen and oxygen atoms in total. The van der Waals surface area contributed by atoms with Gasteiger partial charge in [-0.25, -0.2) is 4.98 Å².